The predicted molar refractivity (Wildman–Crippen MR) is 76.9 cm³/mol. The molecule has 0 radical (unpaired) electrons. The van der Waals surface area contributed by atoms with Crippen LogP contribution in [0, 0.1) is 0 Å². The second-order valence-electron chi connectivity index (χ2n) is 3.80. The maximum Gasteiger partial charge on any atom is 0.0831 e. The van der Waals surface area contributed by atoms with E-state index in [0.29, 0.717) is 5.70 Å². The Labute approximate surface area is 105 Å². The SMILES string of the molecule is C=C\C=N/C(=C\C)C(/N)=C/NCCCCCC. The van der Waals surface area contributed by atoms with E-state index in [-0.39, 0.29) is 0 Å². The van der Waals surface area contributed by atoms with Gasteiger partial charge in [0, 0.05) is 19.0 Å². The van der Waals surface area contributed by atoms with Gasteiger partial charge in [-0.25, -0.2) is 0 Å². The lowest BCUT2D eigenvalue weighted by Gasteiger charge is -2.04. The van der Waals surface area contributed by atoms with Gasteiger partial charge in [0.05, 0.1) is 11.4 Å². The zero-order chi connectivity index (χ0) is 12.9. The highest BCUT2D eigenvalue weighted by Gasteiger charge is 1.95. The minimum absolute atomic E-state index is 0.654. The van der Waals surface area contributed by atoms with Crippen molar-refractivity contribution in [3.05, 3.63) is 36.3 Å². The van der Waals surface area contributed by atoms with E-state index < -0.39 is 0 Å². The molecule has 0 spiro atoms. The number of nitrogens with zero attached hydrogens (tertiary/aromatic N) is 1. The van der Waals surface area contributed by atoms with Crippen LogP contribution in [0.25, 0.3) is 0 Å². The number of unbranched alkanes of at least 4 members (excludes halogenated alkanes) is 3. The first kappa shape index (κ1) is 15.5. The zero-order valence-electron chi connectivity index (χ0n) is 11.1. The van der Waals surface area contributed by atoms with Crippen molar-refractivity contribution >= 4 is 6.21 Å². The van der Waals surface area contributed by atoms with E-state index in [1.807, 2.05) is 19.2 Å². The quantitative estimate of drug-likeness (QED) is 0.366. The van der Waals surface area contributed by atoms with Gasteiger partial charge in [0.15, 0.2) is 0 Å². The standard InChI is InChI=1S/C14H25N3/c1-4-7-8-9-11-16-12-13(15)14(6-3)17-10-5-2/h5-6,10,12,16H,2,4,7-9,11,15H2,1,3H3/b13-12-,14-6-,17-10-. The average molecular weight is 235 g/mol. The first-order valence-electron chi connectivity index (χ1n) is 6.27. The van der Waals surface area contributed by atoms with Crippen LogP contribution >= 0.6 is 0 Å². The van der Waals surface area contributed by atoms with Crippen LogP contribution in [0.2, 0.25) is 0 Å². The summed E-state index contributed by atoms with van der Waals surface area (Å²) in [5.74, 6) is 0. The normalized spacial score (nSPS) is 13.1. The fourth-order valence-corrected chi connectivity index (χ4v) is 1.36. The van der Waals surface area contributed by atoms with Crippen molar-refractivity contribution in [3.8, 4) is 0 Å². The van der Waals surface area contributed by atoms with Crippen LogP contribution in [-0.4, -0.2) is 12.8 Å². The Morgan fingerprint density at radius 3 is 2.71 bits per heavy atom. The van der Waals surface area contributed by atoms with Crippen molar-refractivity contribution in [1.82, 2.24) is 5.32 Å². The molecule has 3 heteroatoms. The number of hydrogen-bond donors (Lipinski definition) is 2. The predicted octanol–water partition coefficient (Wildman–Crippen LogP) is 3.12. The summed E-state index contributed by atoms with van der Waals surface area (Å²) in [6, 6.07) is 0. The second-order valence-corrected chi connectivity index (χ2v) is 3.80. The van der Waals surface area contributed by atoms with Crippen molar-refractivity contribution in [2.45, 2.75) is 39.5 Å². The van der Waals surface area contributed by atoms with E-state index in [1.165, 1.54) is 25.7 Å². The number of allylic oxidation sites excluding steroid dienone is 2. The van der Waals surface area contributed by atoms with Crippen molar-refractivity contribution in [2.75, 3.05) is 6.54 Å². The molecule has 0 amide bonds. The van der Waals surface area contributed by atoms with Gasteiger partial charge < -0.3 is 11.1 Å². The van der Waals surface area contributed by atoms with Crippen molar-refractivity contribution in [2.24, 2.45) is 10.7 Å². The summed E-state index contributed by atoms with van der Waals surface area (Å²) in [6.07, 6.45) is 12.0. The van der Waals surface area contributed by atoms with Crippen LogP contribution in [0.5, 0.6) is 0 Å². The molecule has 0 atom stereocenters. The number of aliphatic imine (C=N–C) groups is 1. The third kappa shape index (κ3) is 8.31. The van der Waals surface area contributed by atoms with Gasteiger partial charge >= 0.3 is 0 Å². The summed E-state index contributed by atoms with van der Waals surface area (Å²) >= 11 is 0. The highest BCUT2D eigenvalue weighted by molar-refractivity contribution is 5.71. The fourth-order valence-electron chi connectivity index (χ4n) is 1.36. The largest absolute Gasteiger partial charge is 0.396 e. The molecule has 0 rings (SSSR count). The van der Waals surface area contributed by atoms with Crippen LogP contribution in [0.4, 0.5) is 0 Å². The number of hydrogen-bond acceptors (Lipinski definition) is 3. The Kier molecular flexibility index (Phi) is 10.0. The third-order valence-corrected chi connectivity index (χ3v) is 2.32. The lowest BCUT2D eigenvalue weighted by atomic mass is 10.2. The molecule has 0 aromatic heterocycles. The summed E-state index contributed by atoms with van der Waals surface area (Å²) in [4.78, 5) is 4.17. The number of nitrogens with one attached hydrogen (secondary N) is 1. The Hall–Kier alpha value is -1.51. The van der Waals surface area contributed by atoms with Gasteiger partial charge in [0.25, 0.3) is 0 Å². The molecule has 0 unspecified atom stereocenters. The van der Waals surface area contributed by atoms with Crippen LogP contribution in [0.1, 0.15) is 39.5 Å². The van der Waals surface area contributed by atoms with E-state index in [9.17, 15) is 0 Å². The molecular weight excluding hydrogens is 210 g/mol. The van der Waals surface area contributed by atoms with Gasteiger partial charge in [0.2, 0.25) is 0 Å². The Bertz CT molecular complexity index is 288. The Balaban J connectivity index is 3.98. The summed E-state index contributed by atoms with van der Waals surface area (Å²) in [5.41, 5.74) is 7.32. The molecule has 0 aliphatic heterocycles. The Morgan fingerprint density at radius 2 is 2.12 bits per heavy atom. The van der Waals surface area contributed by atoms with Crippen LogP contribution in [-0.2, 0) is 0 Å². The van der Waals surface area contributed by atoms with E-state index in [1.54, 1.807) is 12.3 Å². The highest BCUT2D eigenvalue weighted by atomic mass is 14.9. The minimum Gasteiger partial charge on any atom is -0.396 e. The van der Waals surface area contributed by atoms with Crippen molar-refractivity contribution in [3.63, 3.8) is 0 Å². The van der Waals surface area contributed by atoms with Crippen molar-refractivity contribution < 1.29 is 0 Å². The summed E-state index contributed by atoms with van der Waals surface area (Å²) in [6.45, 7) is 8.66. The van der Waals surface area contributed by atoms with E-state index in [4.69, 9.17) is 5.73 Å². The van der Waals surface area contributed by atoms with Gasteiger partial charge in [-0.2, -0.15) is 0 Å². The molecule has 0 bridgehead atoms. The van der Waals surface area contributed by atoms with Crippen LogP contribution < -0.4 is 11.1 Å². The average Bonchev–Trinajstić information content (AvgIpc) is 2.34. The summed E-state index contributed by atoms with van der Waals surface area (Å²) < 4.78 is 0. The van der Waals surface area contributed by atoms with Gasteiger partial charge in [-0.05, 0) is 13.3 Å². The molecule has 0 saturated carbocycles. The minimum atomic E-state index is 0.654. The lowest BCUT2D eigenvalue weighted by molar-refractivity contribution is 0.644. The van der Waals surface area contributed by atoms with Crippen LogP contribution in [0.3, 0.4) is 0 Å². The second kappa shape index (κ2) is 11.0. The highest BCUT2D eigenvalue weighted by Crippen LogP contribution is 2.04. The molecule has 96 valence electrons. The third-order valence-electron chi connectivity index (χ3n) is 2.32. The van der Waals surface area contributed by atoms with E-state index in [0.717, 1.165) is 12.2 Å². The number of rotatable bonds is 9. The molecule has 3 N–H and O–H groups in total. The molecular formula is C14H25N3. The number of nitrogens with two attached hydrogens (primary N) is 1. The zero-order valence-corrected chi connectivity index (χ0v) is 11.1. The monoisotopic (exact) mass is 235 g/mol. The molecule has 0 aliphatic rings. The van der Waals surface area contributed by atoms with Crippen molar-refractivity contribution in [1.29, 1.82) is 0 Å². The topological polar surface area (TPSA) is 50.4 Å². The molecule has 0 aromatic carbocycles. The molecule has 0 aliphatic carbocycles. The fraction of sp³-hybridized carbons (Fsp3) is 0.500. The molecule has 3 nitrogen and oxygen atoms in total. The molecule has 0 aromatic rings. The van der Waals surface area contributed by atoms with Gasteiger partial charge in [-0.15, -0.1) is 0 Å². The lowest BCUT2D eigenvalue weighted by Crippen LogP contribution is -2.12. The molecule has 0 saturated heterocycles. The maximum absolute atomic E-state index is 5.89. The summed E-state index contributed by atoms with van der Waals surface area (Å²) in [7, 11) is 0. The smallest absolute Gasteiger partial charge is 0.0831 e. The van der Waals surface area contributed by atoms with Gasteiger partial charge in [-0.3, -0.25) is 4.99 Å². The molecule has 17 heavy (non-hydrogen) atoms. The maximum atomic E-state index is 5.89. The molecule has 0 heterocycles. The molecule has 0 fully saturated rings. The first-order valence-corrected chi connectivity index (χ1v) is 6.27. The van der Waals surface area contributed by atoms with Gasteiger partial charge in [0.1, 0.15) is 0 Å². The van der Waals surface area contributed by atoms with E-state index >= 15 is 0 Å². The Morgan fingerprint density at radius 1 is 1.35 bits per heavy atom. The first-order chi connectivity index (χ1) is 8.26. The van der Waals surface area contributed by atoms with Crippen LogP contribution in [0.15, 0.2) is 41.3 Å². The van der Waals surface area contributed by atoms with Gasteiger partial charge in [-0.1, -0.05) is 44.9 Å². The summed E-state index contributed by atoms with van der Waals surface area (Å²) in [5, 5.41) is 3.21. The van der Waals surface area contributed by atoms with E-state index in [2.05, 4.69) is 23.8 Å².